The highest BCUT2D eigenvalue weighted by atomic mass is 79.9. The van der Waals surface area contributed by atoms with Crippen LogP contribution in [0.5, 0.6) is 0 Å². The molecule has 0 spiro atoms. The van der Waals surface area contributed by atoms with E-state index in [0.717, 1.165) is 10.0 Å². The van der Waals surface area contributed by atoms with Gasteiger partial charge in [0.15, 0.2) is 0 Å². The van der Waals surface area contributed by atoms with E-state index in [2.05, 4.69) is 31.9 Å². The molecule has 0 aliphatic carbocycles. The maximum absolute atomic E-state index is 13.4. The molecule has 0 radical (unpaired) electrons. The molecule has 0 saturated carbocycles. The molecule has 5 heteroatoms. The molecule has 2 aromatic rings. The molecular formula is C15H14Br2FNO. The summed E-state index contributed by atoms with van der Waals surface area (Å²) < 4.78 is 15.0. The first-order valence-corrected chi connectivity index (χ1v) is 7.70. The molecular weight excluding hydrogens is 389 g/mol. The van der Waals surface area contributed by atoms with Crippen molar-refractivity contribution in [1.29, 1.82) is 0 Å². The lowest BCUT2D eigenvalue weighted by Crippen LogP contribution is -2.20. The van der Waals surface area contributed by atoms with Crippen molar-refractivity contribution in [3.05, 3.63) is 68.4 Å². The summed E-state index contributed by atoms with van der Waals surface area (Å²) >= 11 is 6.74. The largest absolute Gasteiger partial charge is 0.388 e. The fourth-order valence-electron chi connectivity index (χ4n) is 2.14. The van der Waals surface area contributed by atoms with Gasteiger partial charge in [0.05, 0.1) is 6.10 Å². The molecule has 2 nitrogen and oxygen atoms in total. The Hall–Kier alpha value is -0.750. The molecule has 0 heterocycles. The lowest BCUT2D eigenvalue weighted by atomic mass is 9.89. The first-order chi connectivity index (χ1) is 9.52. The molecule has 0 aromatic heterocycles. The van der Waals surface area contributed by atoms with Crippen molar-refractivity contribution in [1.82, 2.24) is 0 Å². The highest BCUT2D eigenvalue weighted by Gasteiger charge is 2.23. The summed E-state index contributed by atoms with van der Waals surface area (Å²) in [7, 11) is 0. The first kappa shape index (κ1) is 15.6. The third-order valence-electron chi connectivity index (χ3n) is 3.19. The molecule has 3 N–H and O–H groups in total. The van der Waals surface area contributed by atoms with E-state index in [1.54, 1.807) is 6.07 Å². The average Bonchev–Trinajstić information content (AvgIpc) is 2.42. The summed E-state index contributed by atoms with van der Waals surface area (Å²) in [5.41, 5.74) is 7.21. The molecule has 0 aliphatic heterocycles. The zero-order valence-electron chi connectivity index (χ0n) is 10.6. The second-order valence-electron chi connectivity index (χ2n) is 4.51. The Morgan fingerprint density at radius 1 is 1.15 bits per heavy atom. The van der Waals surface area contributed by atoms with Crippen molar-refractivity contribution >= 4 is 31.9 Å². The third kappa shape index (κ3) is 3.47. The minimum Gasteiger partial charge on any atom is -0.388 e. The first-order valence-electron chi connectivity index (χ1n) is 6.11. The predicted molar refractivity (Wildman–Crippen MR) is 85.0 cm³/mol. The second-order valence-corrected chi connectivity index (χ2v) is 6.28. The Labute approximate surface area is 134 Å². The summed E-state index contributed by atoms with van der Waals surface area (Å²) in [6, 6.07) is 11.9. The van der Waals surface area contributed by atoms with Crippen molar-refractivity contribution in [2.45, 2.75) is 12.0 Å². The highest BCUT2D eigenvalue weighted by molar-refractivity contribution is 9.10. The van der Waals surface area contributed by atoms with E-state index in [9.17, 15) is 9.50 Å². The Bertz CT molecular complexity index is 606. The predicted octanol–water partition coefficient (Wildman–Crippen LogP) is 4.13. The van der Waals surface area contributed by atoms with E-state index in [4.69, 9.17) is 5.73 Å². The lowest BCUT2D eigenvalue weighted by molar-refractivity contribution is 0.146. The van der Waals surface area contributed by atoms with Crippen LogP contribution >= 0.6 is 31.9 Å². The van der Waals surface area contributed by atoms with E-state index >= 15 is 0 Å². The summed E-state index contributed by atoms with van der Waals surface area (Å²) in [5.74, 6) is -0.683. The summed E-state index contributed by atoms with van der Waals surface area (Å²) in [6.45, 7) is 0.264. The number of hydrogen-bond acceptors (Lipinski definition) is 2. The van der Waals surface area contributed by atoms with Gasteiger partial charge in [-0.25, -0.2) is 4.39 Å². The maximum atomic E-state index is 13.4. The number of hydrogen-bond donors (Lipinski definition) is 2. The topological polar surface area (TPSA) is 46.2 Å². The molecule has 2 aromatic carbocycles. The van der Waals surface area contributed by atoms with Gasteiger partial charge >= 0.3 is 0 Å². The fourth-order valence-corrected chi connectivity index (χ4v) is 3.04. The fraction of sp³-hybridized carbons (Fsp3) is 0.200. The average molecular weight is 403 g/mol. The number of nitrogens with two attached hydrogens (primary N) is 1. The molecule has 0 aliphatic rings. The highest BCUT2D eigenvalue weighted by Crippen LogP contribution is 2.35. The van der Waals surface area contributed by atoms with E-state index in [0.29, 0.717) is 10.0 Å². The molecule has 0 fully saturated rings. The normalized spacial score (nSPS) is 14.1. The van der Waals surface area contributed by atoms with Crippen molar-refractivity contribution in [2.24, 2.45) is 5.73 Å². The Balaban J connectivity index is 2.38. The van der Waals surface area contributed by atoms with Crippen LogP contribution in [0.15, 0.2) is 51.4 Å². The van der Waals surface area contributed by atoms with Gasteiger partial charge in [0.1, 0.15) is 5.82 Å². The molecule has 2 rings (SSSR count). The minimum atomic E-state index is -0.876. The maximum Gasteiger partial charge on any atom is 0.123 e. The molecule has 20 heavy (non-hydrogen) atoms. The van der Waals surface area contributed by atoms with E-state index in [1.807, 2.05) is 24.3 Å². The van der Waals surface area contributed by atoms with Gasteiger partial charge in [-0.1, -0.05) is 44.0 Å². The number of aliphatic hydroxyl groups is 1. The second kappa shape index (κ2) is 6.80. The minimum absolute atomic E-state index is 0.264. The van der Waals surface area contributed by atoms with Gasteiger partial charge in [0.25, 0.3) is 0 Å². The van der Waals surface area contributed by atoms with Gasteiger partial charge in [-0.05, 0) is 41.5 Å². The zero-order chi connectivity index (χ0) is 14.7. The quantitative estimate of drug-likeness (QED) is 0.807. The Morgan fingerprint density at radius 3 is 2.55 bits per heavy atom. The SMILES string of the molecule is NCC(c1cccc(Br)c1)C(O)c1cc(F)ccc1Br. The number of rotatable bonds is 4. The summed E-state index contributed by atoms with van der Waals surface area (Å²) in [5, 5.41) is 10.5. The van der Waals surface area contributed by atoms with Gasteiger partial charge < -0.3 is 10.8 Å². The Kier molecular flexibility index (Phi) is 5.32. The molecule has 106 valence electrons. The molecule has 2 unspecified atom stereocenters. The van der Waals surface area contributed by atoms with Gasteiger partial charge in [0, 0.05) is 21.4 Å². The standard InChI is InChI=1S/C15H14Br2FNO/c16-10-3-1-2-9(6-10)13(8-19)15(20)12-7-11(18)4-5-14(12)17/h1-7,13,15,20H,8,19H2. The smallest absolute Gasteiger partial charge is 0.123 e. The monoisotopic (exact) mass is 401 g/mol. The van der Waals surface area contributed by atoms with Crippen LogP contribution in [-0.4, -0.2) is 11.7 Å². The molecule has 0 amide bonds. The summed E-state index contributed by atoms with van der Waals surface area (Å²) in [4.78, 5) is 0. The van der Waals surface area contributed by atoms with Crippen LogP contribution in [0, 0.1) is 5.82 Å². The molecule has 2 atom stereocenters. The summed E-state index contributed by atoms with van der Waals surface area (Å²) in [6.07, 6.45) is -0.876. The van der Waals surface area contributed by atoms with Gasteiger partial charge in [0.2, 0.25) is 0 Å². The van der Waals surface area contributed by atoms with Gasteiger partial charge in [-0.15, -0.1) is 0 Å². The van der Waals surface area contributed by atoms with E-state index in [-0.39, 0.29) is 18.3 Å². The zero-order valence-corrected chi connectivity index (χ0v) is 13.7. The van der Waals surface area contributed by atoms with Crippen molar-refractivity contribution in [3.63, 3.8) is 0 Å². The van der Waals surface area contributed by atoms with Crippen molar-refractivity contribution in [3.8, 4) is 0 Å². The number of halogens is 3. The van der Waals surface area contributed by atoms with E-state index < -0.39 is 6.10 Å². The van der Waals surface area contributed by atoms with Crippen molar-refractivity contribution < 1.29 is 9.50 Å². The lowest BCUT2D eigenvalue weighted by Gasteiger charge is -2.23. The third-order valence-corrected chi connectivity index (χ3v) is 4.40. The van der Waals surface area contributed by atoms with Crippen LogP contribution < -0.4 is 5.73 Å². The molecule has 0 saturated heterocycles. The van der Waals surface area contributed by atoms with Gasteiger partial charge in [-0.3, -0.25) is 0 Å². The van der Waals surface area contributed by atoms with Crippen LogP contribution in [0.25, 0.3) is 0 Å². The Morgan fingerprint density at radius 2 is 1.90 bits per heavy atom. The van der Waals surface area contributed by atoms with Crippen LogP contribution in [0.2, 0.25) is 0 Å². The molecule has 0 bridgehead atoms. The van der Waals surface area contributed by atoms with E-state index in [1.165, 1.54) is 12.1 Å². The van der Waals surface area contributed by atoms with Crippen LogP contribution in [0.1, 0.15) is 23.1 Å². The van der Waals surface area contributed by atoms with Crippen LogP contribution in [-0.2, 0) is 0 Å². The number of aliphatic hydroxyl groups excluding tert-OH is 1. The number of benzene rings is 2. The van der Waals surface area contributed by atoms with Crippen LogP contribution in [0.4, 0.5) is 4.39 Å². The van der Waals surface area contributed by atoms with Crippen LogP contribution in [0.3, 0.4) is 0 Å². The van der Waals surface area contributed by atoms with Crippen molar-refractivity contribution in [2.75, 3.05) is 6.54 Å². The van der Waals surface area contributed by atoms with Gasteiger partial charge in [-0.2, -0.15) is 0 Å².